The van der Waals surface area contributed by atoms with Crippen molar-refractivity contribution in [2.45, 2.75) is 19.1 Å². The number of amidine groups is 1. The lowest BCUT2D eigenvalue weighted by Gasteiger charge is -2.10. The normalized spacial score (nSPS) is 19.6. The summed E-state index contributed by atoms with van der Waals surface area (Å²) in [6.45, 7) is 3.94. The van der Waals surface area contributed by atoms with E-state index in [-0.39, 0.29) is 22.9 Å². The number of hydrogen-bond donors (Lipinski definition) is 1. The van der Waals surface area contributed by atoms with Gasteiger partial charge in [-0.1, -0.05) is 37.7 Å². The van der Waals surface area contributed by atoms with Gasteiger partial charge < -0.3 is 5.32 Å². The van der Waals surface area contributed by atoms with E-state index in [0.717, 1.165) is 0 Å². The fourth-order valence-corrected chi connectivity index (χ4v) is 2.49. The summed E-state index contributed by atoms with van der Waals surface area (Å²) in [5.41, 5.74) is 0.343. The van der Waals surface area contributed by atoms with Crippen LogP contribution in [-0.4, -0.2) is 16.3 Å². The van der Waals surface area contributed by atoms with E-state index in [1.165, 1.54) is 17.8 Å². The number of nitrogens with one attached hydrogen (secondary N) is 1. The van der Waals surface area contributed by atoms with Crippen molar-refractivity contribution in [2.24, 2.45) is 10.9 Å². The zero-order chi connectivity index (χ0) is 12.4. The van der Waals surface area contributed by atoms with Crippen LogP contribution in [0.15, 0.2) is 29.3 Å². The molecule has 0 aliphatic carbocycles. The number of aliphatic imine (C=N–C) groups is 1. The number of hydrogen-bond acceptors (Lipinski definition) is 3. The van der Waals surface area contributed by atoms with Crippen molar-refractivity contribution in [3.05, 3.63) is 30.1 Å². The molecule has 0 unspecified atom stereocenters. The van der Waals surface area contributed by atoms with Crippen LogP contribution in [-0.2, 0) is 4.79 Å². The quantitative estimate of drug-likeness (QED) is 0.880. The minimum absolute atomic E-state index is 0.149. The minimum Gasteiger partial charge on any atom is -0.332 e. The molecule has 0 saturated carbocycles. The summed E-state index contributed by atoms with van der Waals surface area (Å²) >= 11 is 1.35. The molecule has 1 aromatic rings. The number of carbonyl (C=O) groups excluding carboxylic acids is 1. The Labute approximate surface area is 104 Å². The van der Waals surface area contributed by atoms with Crippen LogP contribution in [0.2, 0.25) is 0 Å². The smallest absolute Gasteiger partial charge is 0.261 e. The van der Waals surface area contributed by atoms with Gasteiger partial charge >= 0.3 is 0 Å². The van der Waals surface area contributed by atoms with Gasteiger partial charge in [0.2, 0.25) is 0 Å². The van der Waals surface area contributed by atoms with Crippen molar-refractivity contribution >= 4 is 28.5 Å². The average Bonchev–Trinajstić information content (AvgIpc) is 2.63. The van der Waals surface area contributed by atoms with Gasteiger partial charge in [-0.05, 0) is 18.1 Å². The first kappa shape index (κ1) is 12.1. The van der Waals surface area contributed by atoms with E-state index in [1.54, 1.807) is 18.2 Å². The number of amides is 1. The lowest BCUT2D eigenvalue weighted by molar-refractivity contribution is -0.117. The van der Waals surface area contributed by atoms with Crippen molar-refractivity contribution < 1.29 is 9.18 Å². The lowest BCUT2D eigenvalue weighted by atomic mass is 10.1. The maximum atomic E-state index is 13.4. The zero-order valence-electron chi connectivity index (χ0n) is 9.61. The number of thioether (sulfide) groups is 1. The first-order valence-corrected chi connectivity index (χ1v) is 6.26. The Bertz CT molecular complexity index is 473. The summed E-state index contributed by atoms with van der Waals surface area (Å²) < 4.78 is 13.4. The third-order valence-corrected chi connectivity index (χ3v) is 3.83. The summed E-state index contributed by atoms with van der Waals surface area (Å²) in [4.78, 5) is 15.4. The molecule has 1 amide bonds. The number of nitrogens with zero attached hydrogens (tertiary/aromatic N) is 1. The van der Waals surface area contributed by atoms with Gasteiger partial charge in [0.05, 0.1) is 10.9 Å². The SMILES string of the molecule is CC(C)[C@H]1SC(Nc2ccccc2F)=NC1=O. The minimum atomic E-state index is -0.351. The maximum Gasteiger partial charge on any atom is 0.261 e. The molecule has 5 heteroatoms. The average molecular weight is 252 g/mol. The summed E-state index contributed by atoms with van der Waals surface area (Å²) in [5.74, 6) is -0.281. The topological polar surface area (TPSA) is 41.5 Å². The molecule has 90 valence electrons. The van der Waals surface area contributed by atoms with Gasteiger partial charge in [0.1, 0.15) is 5.82 Å². The van der Waals surface area contributed by atoms with Crippen molar-refractivity contribution in [1.82, 2.24) is 0 Å². The Hall–Kier alpha value is -1.36. The fraction of sp³-hybridized carbons (Fsp3) is 0.333. The number of rotatable bonds is 2. The van der Waals surface area contributed by atoms with Crippen LogP contribution in [0.4, 0.5) is 10.1 Å². The Balaban J connectivity index is 2.10. The third kappa shape index (κ3) is 2.66. The molecular weight excluding hydrogens is 239 g/mol. The molecule has 0 saturated heterocycles. The number of benzene rings is 1. The van der Waals surface area contributed by atoms with Gasteiger partial charge in [0.15, 0.2) is 5.17 Å². The first-order valence-electron chi connectivity index (χ1n) is 5.38. The van der Waals surface area contributed by atoms with Crippen LogP contribution in [0, 0.1) is 11.7 Å². The lowest BCUT2D eigenvalue weighted by Crippen LogP contribution is -2.17. The second-order valence-corrected chi connectivity index (χ2v) is 5.27. The van der Waals surface area contributed by atoms with Crippen LogP contribution in [0.1, 0.15) is 13.8 Å². The Morgan fingerprint density at radius 2 is 2.12 bits per heavy atom. The van der Waals surface area contributed by atoms with E-state index >= 15 is 0 Å². The summed E-state index contributed by atoms with van der Waals surface area (Å²) in [5, 5.41) is 3.15. The summed E-state index contributed by atoms with van der Waals surface area (Å²) in [6, 6.07) is 6.33. The van der Waals surface area contributed by atoms with Gasteiger partial charge in [-0.3, -0.25) is 4.79 Å². The molecule has 0 spiro atoms. The number of anilines is 1. The highest BCUT2D eigenvalue weighted by Gasteiger charge is 2.31. The third-order valence-electron chi connectivity index (χ3n) is 2.41. The van der Waals surface area contributed by atoms with Crippen LogP contribution in [0.5, 0.6) is 0 Å². The molecule has 1 aliphatic rings. The molecule has 0 bridgehead atoms. The number of halogens is 1. The number of carbonyl (C=O) groups is 1. The van der Waals surface area contributed by atoms with Gasteiger partial charge in [-0.25, -0.2) is 4.39 Å². The van der Waals surface area contributed by atoms with E-state index < -0.39 is 0 Å². The molecule has 1 heterocycles. The molecule has 1 aliphatic heterocycles. The second-order valence-electron chi connectivity index (χ2n) is 4.14. The van der Waals surface area contributed by atoms with E-state index in [0.29, 0.717) is 10.9 Å². The zero-order valence-corrected chi connectivity index (χ0v) is 10.4. The van der Waals surface area contributed by atoms with Crippen molar-refractivity contribution in [3.63, 3.8) is 0 Å². The second kappa shape index (κ2) is 4.87. The van der Waals surface area contributed by atoms with Crippen molar-refractivity contribution in [3.8, 4) is 0 Å². The van der Waals surface area contributed by atoms with E-state index in [9.17, 15) is 9.18 Å². The van der Waals surface area contributed by atoms with Gasteiger partial charge in [0, 0.05) is 0 Å². The van der Waals surface area contributed by atoms with Gasteiger partial charge in [-0.2, -0.15) is 4.99 Å². The maximum absolute atomic E-state index is 13.4. The highest BCUT2D eigenvalue weighted by atomic mass is 32.2. The summed E-state index contributed by atoms with van der Waals surface area (Å²) in [6.07, 6.45) is 0. The van der Waals surface area contributed by atoms with Crippen molar-refractivity contribution in [2.75, 3.05) is 5.32 Å². The molecule has 17 heavy (non-hydrogen) atoms. The van der Waals surface area contributed by atoms with E-state index in [4.69, 9.17) is 0 Å². The van der Waals surface area contributed by atoms with Gasteiger partial charge in [0.25, 0.3) is 5.91 Å². The standard InChI is InChI=1S/C12H13FN2OS/c1-7(2)10-11(16)15-12(17-10)14-9-6-4-3-5-8(9)13/h3-7,10H,1-2H3,(H,14,15,16)/t10-/m1/s1. The Kier molecular flexibility index (Phi) is 3.47. The van der Waals surface area contributed by atoms with Crippen molar-refractivity contribution in [1.29, 1.82) is 0 Å². The molecule has 1 N–H and O–H groups in total. The Morgan fingerprint density at radius 3 is 2.71 bits per heavy atom. The molecule has 3 nitrogen and oxygen atoms in total. The van der Waals surface area contributed by atoms with E-state index in [2.05, 4.69) is 10.3 Å². The molecule has 1 aromatic carbocycles. The molecule has 0 fully saturated rings. The summed E-state index contributed by atoms with van der Waals surface area (Å²) in [7, 11) is 0. The predicted octanol–water partition coefficient (Wildman–Crippen LogP) is 2.89. The van der Waals surface area contributed by atoms with Crippen LogP contribution in [0.3, 0.4) is 0 Å². The first-order chi connectivity index (χ1) is 8.08. The Morgan fingerprint density at radius 1 is 1.41 bits per heavy atom. The molecule has 0 radical (unpaired) electrons. The number of para-hydroxylation sites is 1. The largest absolute Gasteiger partial charge is 0.332 e. The fourth-order valence-electron chi connectivity index (χ4n) is 1.52. The van der Waals surface area contributed by atoms with Crippen LogP contribution in [0.25, 0.3) is 0 Å². The van der Waals surface area contributed by atoms with Gasteiger partial charge in [-0.15, -0.1) is 0 Å². The molecular formula is C12H13FN2OS. The molecule has 1 atom stereocenters. The van der Waals surface area contributed by atoms with E-state index in [1.807, 2.05) is 13.8 Å². The molecule has 0 aromatic heterocycles. The monoisotopic (exact) mass is 252 g/mol. The predicted molar refractivity (Wildman–Crippen MR) is 68.7 cm³/mol. The van der Waals surface area contributed by atoms with Crippen LogP contribution >= 0.6 is 11.8 Å². The molecule has 2 rings (SSSR count). The highest BCUT2D eigenvalue weighted by Crippen LogP contribution is 2.29. The highest BCUT2D eigenvalue weighted by molar-refractivity contribution is 8.15. The van der Waals surface area contributed by atoms with Crippen LogP contribution < -0.4 is 5.32 Å².